The fourth-order valence-electron chi connectivity index (χ4n) is 4.24. The summed E-state index contributed by atoms with van der Waals surface area (Å²) in [6.07, 6.45) is 5.15. The van der Waals surface area contributed by atoms with Gasteiger partial charge in [0.25, 0.3) is 5.91 Å². The van der Waals surface area contributed by atoms with Crippen molar-refractivity contribution in [1.29, 1.82) is 0 Å². The molecule has 1 amide bonds. The molecule has 0 saturated carbocycles. The number of anilines is 3. The van der Waals surface area contributed by atoms with Crippen LogP contribution < -0.4 is 20.8 Å². The number of benzene rings is 2. The van der Waals surface area contributed by atoms with E-state index in [1.807, 2.05) is 42.5 Å². The number of ether oxygens (including phenoxy) is 1. The maximum absolute atomic E-state index is 13.0. The van der Waals surface area contributed by atoms with E-state index < -0.39 is 0 Å². The van der Waals surface area contributed by atoms with Crippen molar-refractivity contribution in [3.63, 3.8) is 0 Å². The van der Waals surface area contributed by atoms with E-state index >= 15 is 0 Å². The summed E-state index contributed by atoms with van der Waals surface area (Å²) in [7, 11) is 3.73. The standard InChI is InChI=1S/C29H32N8O2/c1-36-14-16-37(17-15-36)32-19-21-5-7-22(8-6-21)28(38)33-24-9-10-27(39-2)26(18-24)35-29-31-13-11-25(34-29)23-4-3-12-30-20-23/h3-13,18,20,32H,14-17,19H2,1-2H3,(H,33,38)(H,31,34,35). The molecule has 3 heterocycles. The Morgan fingerprint density at radius 3 is 2.56 bits per heavy atom. The van der Waals surface area contributed by atoms with Crippen molar-refractivity contribution in [2.24, 2.45) is 0 Å². The molecule has 0 aliphatic carbocycles. The van der Waals surface area contributed by atoms with Gasteiger partial charge in [-0.15, -0.1) is 0 Å². The second kappa shape index (κ2) is 12.4. The topological polar surface area (TPSA) is 108 Å². The highest BCUT2D eigenvalue weighted by Crippen LogP contribution is 2.30. The largest absolute Gasteiger partial charge is 0.495 e. The van der Waals surface area contributed by atoms with Gasteiger partial charge in [-0.1, -0.05) is 12.1 Å². The van der Waals surface area contributed by atoms with Crippen LogP contribution >= 0.6 is 0 Å². The molecule has 0 unspecified atom stereocenters. The highest BCUT2D eigenvalue weighted by molar-refractivity contribution is 6.04. The van der Waals surface area contributed by atoms with Crippen molar-refractivity contribution in [1.82, 2.24) is 30.3 Å². The monoisotopic (exact) mass is 524 g/mol. The van der Waals surface area contributed by atoms with Crippen LogP contribution in [-0.4, -0.2) is 71.1 Å². The first kappa shape index (κ1) is 26.2. The lowest BCUT2D eigenvalue weighted by Crippen LogP contribution is -2.50. The second-order valence-corrected chi connectivity index (χ2v) is 9.32. The van der Waals surface area contributed by atoms with Crippen molar-refractivity contribution in [2.45, 2.75) is 6.54 Å². The van der Waals surface area contributed by atoms with E-state index in [0.717, 1.165) is 49.5 Å². The molecular formula is C29H32N8O2. The molecule has 4 aromatic rings. The average Bonchev–Trinajstić information content (AvgIpc) is 2.98. The van der Waals surface area contributed by atoms with Crippen LogP contribution in [0.25, 0.3) is 11.3 Å². The zero-order valence-corrected chi connectivity index (χ0v) is 22.1. The maximum Gasteiger partial charge on any atom is 0.255 e. The minimum atomic E-state index is -0.195. The SMILES string of the molecule is COc1ccc(NC(=O)c2ccc(CNN3CCN(C)CC3)cc2)cc1Nc1nccc(-c2cccnc2)n1. The molecule has 5 rings (SSSR count). The number of hydrogen-bond donors (Lipinski definition) is 3. The quantitative estimate of drug-likeness (QED) is 0.301. The Labute approximate surface area is 228 Å². The van der Waals surface area contributed by atoms with Crippen LogP contribution in [0.1, 0.15) is 15.9 Å². The number of aromatic nitrogens is 3. The smallest absolute Gasteiger partial charge is 0.255 e. The van der Waals surface area contributed by atoms with Crippen LogP contribution in [0.15, 0.2) is 79.3 Å². The van der Waals surface area contributed by atoms with Gasteiger partial charge in [0.2, 0.25) is 5.95 Å². The number of carbonyl (C=O) groups is 1. The molecule has 0 spiro atoms. The third-order valence-corrected chi connectivity index (χ3v) is 6.54. The lowest BCUT2D eigenvalue weighted by Gasteiger charge is -2.32. The number of methoxy groups -OCH3 is 1. The van der Waals surface area contributed by atoms with E-state index in [2.05, 4.69) is 48.0 Å². The van der Waals surface area contributed by atoms with Gasteiger partial charge in [-0.25, -0.2) is 15.0 Å². The van der Waals surface area contributed by atoms with E-state index in [0.29, 0.717) is 28.6 Å². The van der Waals surface area contributed by atoms with Crippen LogP contribution in [0.2, 0.25) is 0 Å². The maximum atomic E-state index is 13.0. The number of nitrogens with zero attached hydrogens (tertiary/aromatic N) is 5. The Hall–Kier alpha value is -4.38. The number of carbonyl (C=O) groups excluding carboxylic acids is 1. The summed E-state index contributed by atoms with van der Waals surface area (Å²) < 4.78 is 5.51. The summed E-state index contributed by atoms with van der Waals surface area (Å²) in [5, 5.41) is 8.42. The fourth-order valence-corrected chi connectivity index (χ4v) is 4.24. The van der Waals surface area contributed by atoms with Crippen LogP contribution in [0.5, 0.6) is 5.75 Å². The Bertz CT molecular complexity index is 1390. The van der Waals surface area contributed by atoms with Crippen LogP contribution in [0.3, 0.4) is 0 Å². The van der Waals surface area contributed by atoms with E-state index in [1.54, 1.807) is 43.9 Å². The van der Waals surface area contributed by atoms with Crippen molar-refractivity contribution >= 4 is 23.2 Å². The predicted octanol–water partition coefficient (Wildman–Crippen LogP) is 3.80. The first-order valence-corrected chi connectivity index (χ1v) is 12.8. The molecule has 39 heavy (non-hydrogen) atoms. The van der Waals surface area contributed by atoms with E-state index in [4.69, 9.17) is 4.74 Å². The van der Waals surface area contributed by atoms with Crippen molar-refractivity contribution in [2.75, 3.05) is 51.0 Å². The predicted molar refractivity (Wildman–Crippen MR) is 152 cm³/mol. The van der Waals surface area contributed by atoms with Crippen molar-refractivity contribution in [3.8, 4) is 17.0 Å². The molecule has 1 aliphatic heterocycles. The van der Waals surface area contributed by atoms with Gasteiger partial charge in [-0.3, -0.25) is 15.2 Å². The number of nitrogens with one attached hydrogen (secondary N) is 3. The van der Waals surface area contributed by atoms with Crippen molar-refractivity contribution in [3.05, 3.63) is 90.4 Å². The van der Waals surface area contributed by atoms with Gasteiger partial charge in [-0.2, -0.15) is 0 Å². The zero-order valence-electron chi connectivity index (χ0n) is 22.1. The molecule has 10 heteroatoms. The van der Waals surface area contributed by atoms with E-state index in [1.165, 1.54) is 0 Å². The lowest BCUT2D eigenvalue weighted by molar-refractivity contribution is 0.102. The molecule has 200 valence electrons. The molecule has 2 aromatic carbocycles. The number of pyridine rings is 1. The van der Waals surface area contributed by atoms with Crippen LogP contribution in [-0.2, 0) is 6.54 Å². The van der Waals surface area contributed by atoms with Gasteiger partial charge in [0.1, 0.15) is 5.75 Å². The Balaban J connectivity index is 1.23. The molecule has 10 nitrogen and oxygen atoms in total. The first-order valence-electron chi connectivity index (χ1n) is 12.8. The number of hydrazine groups is 1. The zero-order chi connectivity index (χ0) is 27.0. The van der Waals surface area contributed by atoms with Crippen LogP contribution in [0, 0.1) is 0 Å². The molecule has 1 saturated heterocycles. The van der Waals surface area contributed by atoms with Gasteiger partial charge >= 0.3 is 0 Å². The highest BCUT2D eigenvalue weighted by atomic mass is 16.5. The molecule has 3 N–H and O–H groups in total. The minimum absolute atomic E-state index is 0.195. The number of likely N-dealkylation sites (N-methyl/N-ethyl adjacent to an activating group) is 1. The molecular weight excluding hydrogens is 492 g/mol. The molecule has 0 radical (unpaired) electrons. The lowest BCUT2D eigenvalue weighted by atomic mass is 10.1. The molecule has 2 aromatic heterocycles. The van der Waals surface area contributed by atoms with Gasteiger partial charge in [0.05, 0.1) is 18.5 Å². The molecule has 1 fully saturated rings. The normalized spacial score (nSPS) is 14.1. The van der Waals surface area contributed by atoms with Gasteiger partial charge in [0, 0.05) is 68.1 Å². The molecule has 0 atom stereocenters. The summed E-state index contributed by atoms with van der Waals surface area (Å²) in [6.45, 7) is 4.83. The third kappa shape index (κ3) is 6.94. The number of piperazine rings is 1. The summed E-state index contributed by atoms with van der Waals surface area (Å²) in [5.41, 5.74) is 8.05. The van der Waals surface area contributed by atoms with Crippen LogP contribution in [0.4, 0.5) is 17.3 Å². The number of rotatable bonds is 9. The van der Waals surface area contributed by atoms with Gasteiger partial charge in [0.15, 0.2) is 0 Å². The summed E-state index contributed by atoms with van der Waals surface area (Å²) in [4.78, 5) is 28.4. The highest BCUT2D eigenvalue weighted by Gasteiger charge is 2.14. The summed E-state index contributed by atoms with van der Waals surface area (Å²) >= 11 is 0. The van der Waals surface area contributed by atoms with E-state index in [9.17, 15) is 4.79 Å². The first-order chi connectivity index (χ1) is 19.1. The van der Waals surface area contributed by atoms with Gasteiger partial charge < -0.3 is 20.3 Å². The second-order valence-electron chi connectivity index (χ2n) is 9.32. The third-order valence-electron chi connectivity index (χ3n) is 6.54. The Kier molecular flexibility index (Phi) is 8.37. The van der Waals surface area contributed by atoms with E-state index in [-0.39, 0.29) is 5.91 Å². The Morgan fingerprint density at radius 1 is 1.00 bits per heavy atom. The number of amides is 1. The van der Waals surface area contributed by atoms with Crippen molar-refractivity contribution < 1.29 is 9.53 Å². The summed E-state index contributed by atoms with van der Waals surface area (Å²) in [5.74, 6) is 0.805. The number of hydrogen-bond acceptors (Lipinski definition) is 9. The Morgan fingerprint density at radius 2 is 1.82 bits per heavy atom. The summed E-state index contributed by atoms with van der Waals surface area (Å²) in [6, 6.07) is 18.6. The van der Waals surface area contributed by atoms with Gasteiger partial charge in [-0.05, 0) is 61.1 Å². The molecule has 0 bridgehead atoms. The molecule has 1 aliphatic rings. The average molecular weight is 525 g/mol. The minimum Gasteiger partial charge on any atom is -0.495 e. The fraction of sp³-hybridized carbons (Fsp3) is 0.241.